The number of anilines is 1. The second-order valence-corrected chi connectivity index (χ2v) is 7.65. The molecule has 4 rings (SSSR count). The Morgan fingerprint density at radius 2 is 1.96 bits per heavy atom. The third-order valence-electron chi connectivity index (χ3n) is 5.87. The Morgan fingerprint density at radius 1 is 1.20 bits per heavy atom. The molecule has 2 aliphatic rings. The lowest BCUT2D eigenvalue weighted by Crippen LogP contribution is -2.43. The predicted molar refractivity (Wildman–Crippen MR) is 97.3 cm³/mol. The van der Waals surface area contributed by atoms with Gasteiger partial charge in [-0.2, -0.15) is 9.61 Å². The topological polar surface area (TPSA) is 62.9 Å². The molecule has 136 valence electrons. The summed E-state index contributed by atoms with van der Waals surface area (Å²) < 4.78 is 7.52. The first-order chi connectivity index (χ1) is 12.0. The van der Waals surface area contributed by atoms with Crippen LogP contribution in [0.2, 0.25) is 0 Å². The average Bonchev–Trinajstić information content (AvgIpc) is 3.03. The quantitative estimate of drug-likeness (QED) is 0.907. The van der Waals surface area contributed by atoms with Gasteiger partial charge in [0.2, 0.25) is 0 Å². The molecule has 0 radical (unpaired) electrons. The summed E-state index contributed by atoms with van der Waals surface area (Å²) in [6.45, 7) is 9.67. The highest BCUT2D eigenvalue weighted by atomic mass is 16.5. The molecule has 2 atom stereocenters. The number of hydrogen-bond donors (Lipinski definition) is 1. The molecule has 0 amide bonds. The van der Waals surface area contributed by atoms with Crippen LogP contribution in [0.1, 0.15) is 49.1 Å². The van der Waals surface area contributed by atoms with Gasteiger partial charge in [-0.1, -0.05) is 6.92 Å². The number of aromatic nitrogens is 3. The van der Waals surface area contributed by atoms with Gasteiger partial charge in [0.1, 0.15) is 5.82 Å². The lowest BCUT2D eigenvalue weighted by Gasteiger charge is -2.36. The van der Waals surface area contributed by atoms with Gasteiger partial charge in [-0.15, -0.1) is 0 Å². The van der Waals surface area contributed by atoms with Crippen molar-refractivity contribution in [2.75, 3.05) is 31.2 Å². The lowest BCUT2D eigenvalue weighted by atomic mass is 9.96. The lowest BCUT2D eigenvalue weighted by molar-refractivity contribution is 0.0844. The van der Waals surface area contributed by atoms with Crippen LogP contribution >= 0.6 is 0 Å². The van der Waals surface area contributed by atoms with Gasteiger partial charge >= 0.3 is 0 Å². The number of fused-ring (bicyclic) bond motifs is 1. The number of rotatable bonds is 2. The molecule has 0 aliphatic carbocycles. The van der Waals surface area contributed by atoms with Crippen molar-refractivity contribution in [3.05, 3.63) is 23.0 Å². The first-order valence-electron chi connectivity index (χ1n) is 9.42. The minimum Gasteiger partial charge on any atom is -0.393 e. The largest absolute Gasteiger partial charge is 0.393 e. The van der Waals surface area contributed by atoms with Gasteiger partial charge in [-0.05, 0) is 39.0 Å². The van der Waals surface area contributed by atoms with Crippen LogP contribution in [-0.4, -0.2) is 52.1 Å². The van der Waals surface area contributed by atoms with E-state index in [1.54, 1.807) is 0 Å². The molecule has 0 bridgehead atoms. The van der Waals surface area contributed by atoms with Crippen molar-refractivity contribution in [2.45, 2.75) is 52.1 Å². The summed E-state index contributed by atoms with van der Waals surface area (Å²) in [5.74, 6) is 1.87. The molecule has 6 nitrogen and oxygen atoms in total. The van der Waals surface area contributed by atoms with Gasteiger partial charge in [-0.3, -0.25) is 0 Å². The van der Waals surface area contributed by atoms with E-state index in [1.165, 1.54) is 5.56 Å². The number of piperidine rings is 1. The molecule has 2 aromatic heterocycles. The minimum atomic E-state index is -0.203. The van der Waals surface area contributed by atoms with Crippen LogP contribution in [0.15, 0.2) is 6.07 Å². The van der Waals surface area contributed by atoms with Crippen molar-refractivity contribution in [3.8, 4) is 0 Å². The maximum absolute atomic E-state index is 10.1. The van der Waals surface area contributed by atoms with Gasteiger partial charge in [0.25, 0.3) is 0 Å². The summed E-state index contributed by atoms with van der Waals surface area (Å²) in [7, 11) is 0. The zero-order chi connectivity index (χ0) is 17.6. The summed E-state index contributed by atoms with van der Waals surface area (Å²) in [5, 5.41) is 15.0. The summed E-state index contributed by atoms with van der Waals surface area (Å²) in [6.07, 6.45) is 2.66. The molecule has 0 spiro atoms. The van der Waals surface area contributed by atoms with Gasteiger partial charge in [-0.25, -0.2) is 4.98 Å². The van der Waals surface area contributed by atoms with Crippen LogP contribution in [0.4, 0.5) is 5.82 Å². The van der Waals surface area contributed by atoms with E-state index >= 15 is 0 Å². The molecule has 2 fully saturated rings. The minimum absolute atomic E-state index is 0.203. The third kappa shape index (κ3) is 3.02. The van der Waals surface area contributed by atoms with Crippen molar-refractivity contribution in [3.63, 3.8) is 0 Å². The van der Waals surface area contributed by atoms with E-state index in [2.05, 4.69) is 31.7 Å². The monoisotopic (exact) mass is 344 g/mol. The van der Waals surface area contributed by atoms with E-state index in [0.717, 1.165) is 68.4 Å². The fourth-order valence-electron chi connectivity index (χ4n) is 4.09. The Hall–Kier alpha value is -1.66. The molecular weight excluding hydrogens is 316 g/mol. The van der Waals surface area contributed by atoms with E-state index < -0.39 is 0 Å². The van der Waals surface area contributed by atoms with Crippen LogP contribution in [-0.2, 0) is 4.74 Å². The van der Waals surface area contributed by atoms with Gasteiger partial charge in [0, 0.05) is 49.5 Å². The van der Waals surface area contributed by atoms with Crippen LogP contribution in [0.5, 0.6) is 0 Å². The van der Waals surface area contributed by atoms with Crippen LogP contribution in [0.25, 0.3) is 5.65 Å². The summed E-state index contributed by atoms with van der Waals surface area (Å²) in [4.78, 5) is 7.14. The molecule has 2 aromatic rings. The van der Waals surface area contributed by atoms with Gasteiger partial charge < -0.3 is 14.7 Å². The predicted octanol–water partition coefficient (Wildman–Crippen LogP) is 2.45. The Labute approximate surface area is 148 Å². The Bertz CT molecular complexity index is 766. The van der Waals surface area contributed by atoms with E-state index in [0.29, 0.717) is 5.92 Å². The standard InChI is InChI=1S/C19H28N4O2/c1-12-11-22(7-4-17(12)24)19-13(2)14(3)20-18-10-16(21-23(18)19)15-5-8-25-9-6-15/h10,12,15,17,24H,4-9,11H2,1-3H3/t12-,17-/m0/s1. The number of aliphatic hydroxyl groups excluding tert-OH is 1. The van der Waals surface area contributed by atoms with Crippen molar-refractivity contribution >= 4 is 11.5 Å². The van der Waals surface area contributed by atoms with Crippen molar-refractivity contribution in [1.82, 2.24) is 14.6 Å². The van der Waals surface area contributed by atoms with Crippen molar-refractivity contribution < 1.29 is 9.84 Å². The van der Waals surface area contributed by atoms with E-state index in [1.807, 2.05) is 4.52 Å². The zero-order valence-corrected chi connectivity index (χ0v) is 15.4. The van der Waals surface area contributed by atoms with E-state index in [4.69, 9.17) is 14.8 Å². The smallest absolute Gasteiger partial charge is 0.157 e. The van der Waals surface area contributed by atoms with Gasteiger partial charge in [0.15, 0.2) is 5.65 Å². The van der Waals surface area contributed by atoms with Crippen LogP contribution < -0.4 is 4.90 Å². The molecular formula is C19H28N4O2. The Kier molecular flexibility index (Phi) is 4.41. The number of hydrogen-bond acceptors (Lipinski definition) is 5. The zero-order valence-electron chi connectivity index (χ0n) is 15.4. The molecule has 0 saturated carbocycles. The number of aryl methyl sites for hydroxylation is 1. The Morgan fingerprint density at radius 3 is 2.68 bits per heavy atom. The normalized spacial score (nSPS) is 25.7. The molecule has 4 heterocycles. The molecule has 6 heteroatoms. The fraction of sp³-hybridized carbons (Fsp3) is 0.684. The maximum atomic E-state index is 10.1. The summed E-state index contributed by atoms with van der Waals surface area (Å²) in [6, 6.07) is 2.15. The SMILES string of the molecule is Cc1nc2cc(C3CCOCC3)nn2c(N2CC[C@H](O)[C@@H](C)C2)c1C. The van der Waals surface area contributed by atoms with Crippen molar-refractivity contribution in [2.24, 2.45) is 5.92 Å². The third-order valence-corrected chi connectivity index (χ3v) is 5.87. The summed E-state index contributed by atoms with van der Waals surface area (Å²) in [5.41, 5.74) is 4.29. The maximum Gasteiger partial charge on any atom is 0.157 e. The number of aliphatic hydroxyl groups is 1. The van der Waals surface area contributed by atoms with E-state index in [9.17, 15) is 5.11 Å². The van der Waals surface area contributed by atoms with Crippen LogP contribution in [0.3, 0.4) is 0 Å². The fourth-order valence-corrected chi connectivity index (χ4v) is 4.09. The highest BCUT2D eigenvalue weighted by Crippen LogP contribution is 2.31. The second-order valence-electron chi connectivity index (χ2n) is 7.65. The molecule has 1 N–H and O–H groups in total. The first kappa shape index (κ1) is 16.8. The first-order valence-corrected chi connectivity index (χ1v) is 9.42. The second kappa shape index (κ2) is 6.57. The number of nitrogens with zero attached hydrogens (tertiary/aromatic N) is 4. The highest BCUT2D eigenvalue weighted by molar-refractivity contribution is 5.57. The molecule has 2 aliphatic heterocycles. The summed E-state index contributed by atoms with van der Waals surface area (Å²) >= 11 is 0. The Balaban J connectivity index is 1.76. The highest BCUT2D eigenvalue weighted by Gasteiger charge is 2.28. The van der Waals surface area contributed by atoms with E-state index in [-0.39, 0.29) is 12.0 Å². The molecule has 25 heavy (non-hydrogen) atoms. The average molecular weight is 344 g/mol. The molecule has 2 saturated heterocycles. The van der Waals surface area contributed by atoms with Crippen LogP contribution in [0, 0.1) is 19.8 Å². The number of ether oxygens (including phenoxy) is 1. The van der Waals surface area contributed by atoms with Gasteiger partial charge in [0.05, 0.1) is 11.8 Å². The van der Waals surface area contributed by atoms with Crippen molar-refractivity contribution in [1.29, 1.82) is 0 Å². The molecule has 0 aromatic carbocycles. The molecule has 0 unspecified atom stereocenters.